The van der Waals surface area contributed by atoms with E-state index < -0.39 is 0 Å². The minimum atomic E-state index is 0.0132. The van der Waals surface area contributed by atoms with Gasteiger partial charge < -0.3 is 9.47 Å². The zero-order valence-corrected chi connectivity index (χ0v) is 11.1. The molecule has 0 saturated carbocycles. The fraction of sp³-hybridized carbons (Fsp3) is 0.462. The maximum Gasteiger partial charge on any atom is 0.162 e. The predicted molar refractivity (Wildman–Crippen MR) is 67.8 cm³/mol. The first-order chi connectivity index (χ1) is 8.02. The van der Waals surface area contributed by atoms with Crippen LogP contribution in [-0.4, -0.2) is 25.6 Å². The highest BCUT2D eigenvalue weighted by molar-refractivity contribution is 6.30. The second-order valence-corrected chi connectivity index (χ2v) is 4.47. The van der Waals surface area contributed by atoms with Crippen LogP contribution in [0.5, 0.6) is 5.75 Å². The normalized spacial score (nSPS) is 10.6. The van der Waals surface area contributed by atoms with E-state index in [0.717, 1.165) is 5.56 Å². The third-order valence-corrected chi connectivity index (χ3v) is 2.44. The SMILES string of the molecule is COc1ccc(Cl)cc1CC(=O)COC(C)C. The highest BCUT2D eigenvalue weighted by Gasteiger charge is 2.10. The Labute approximate surface area is 107 Å². The van der Waals surface area contributed by atoms with Gasteiger partial charge in [0.15, 0.2) is 5.78 Å². The van der Waals surface area contributed by atoms with E-state index in [-0.39, 0.29) is 24.9 Å². The van der Waals surface area contributed by atoms with Gasteiger partial charge in [-0.2, -0.15) is 0 Å². The third-order valence-electron chi connectivity index (χ3n) is 2.21. The van der Waals surface area contributed by atoms with Crippen molar-refractivity contribution in [2.24, 2.45) is 0 Å². The zero-order chi connectivity index (χ0) is 12.8. The number of methoxy groups -OCH3 is 1. The van der Waals surface area contributed by atoms with Crippen LogP contribution < -0.4 is 4.74 Å². The first-order valence-corrected chi connectivity index (χ1v) is 5.86. The Balaban J connectivity index is 2.66. The highest BCUT2D eigenvalue weighted by atomic mass is 35.5. The summed E-state index contributed by atoms with van der Waals surface area (Å²) in [5, 5.41) is 0.596. The van der Waals surface area contributed by atoms with Crippen LogP contribution in [0.3, 0.4) is 0 Å². The van der Waals surface area contributed by atoms with Gasteiger partial charge >= 0.3 is 0 Å². The molecule has 0 heterocycles. The lowest BCUT2D eigenvalue weighted by atomic mass is 10.1. The van der Waals surface area contributed by atoms with E-state index in [0.29, 0.717) is 10.8 Å². The average molecular weight is 257 g/mol. The van der Waals surface area contributed by atoms with Crippen LogP contribution >= 0.6 is 11.6 Å². The van der Waals surface area contributed by atoms with Crippen LogP contribution in [0.1, 0.15) is 19.4 Å². The molecule has 0 aliphatic carbocycles. The van der Waals surface area contributed by atoms with Crippen molar-refractivity contribution >= 4 is 17.4 Å². The van der Waals surface area contributed by atoms with Crippen molar-refractivity contribution in [3.63, 3.8) is 0 Å². The molecule has 0 aromatic heterocycles. The molecule has 1 aromatic rings. The monoisotopic (exact) mass is 256 g/mol. The molecule has 17 heavy (non-hydrogen) atoms. The van der Waals surface area contributed by atoms with Crippen LogP contribution in [0.25, 0.3) is 0 Å². The number of rotatable bonds is 6. The average Bonchev–Trinajstić information content (AvgIpc) is 2.27. The first kappa shape index (κ1) is 14.0. The van der Waals surface area contributed by atoms with Crippen LogP contribution in [0.4, 0.5) is 0 Å². The van der Waals surface area contributed by atoms with E-state index in [1.54, 1.807) is 25.3 Å². The molecule has 0 fully saturated rings. The number of carbonyl (C=O) groups excluding carboxylic acids is 1. The van der Waals surface area contributed by atoms with Crippen LogP contribution in [-0.2, 0) is 16.0 Å². The number of hydrogen-bond acceptors (Lipinski definition) is 3. The van der Waals surface area contributed by atoms with Gasteiger partial charge in [-0.25, -0.2) is 0 Å². The van der Waals surface area contributed by atoms with Crippen molar-refractivity contribution in [2.75, 3.05) is 13.7 Å². The highest BCUT2D eigenvalue weighted by Crippen LogP contribution is 2.23. The summed E-state index contributed by atoms with van der Waals surface area (Å²) in [6.07, 6.45) is 0.330. The molecule has 1 aromatic carbocycles. The molecule has 0 radical (unpaired) electrons. The van der Waals surface area contributed by atoms with Gasteiger partial charge in [-0.1, -0.05) is 11.6 Å². The lowest BCUT2D eigenvalue weighted by Gasteiger charge is -2.09. The van der Waals surface area contributed by atoms with Crippen molar-refractivity contribution in [3.8, 4) is 5.75 Å². The van der Waals surface area contributed by atoms with E-state index in [4.69, 9.17) is 21.1 Å². The topological polar surface area (TPSA) is 35.5 Å². The summed E-state index contributed by atoms with van der Waals surface area (Å²) in [6, 6.07) is 5.24. The number of hydrogen-bond donors (Lipinski definition) is 0. The predicted octanol–water partition coefficient (Wildman–Crippen LogP) is 2.89. The van der Waals surface area contributed by atoms with Crippen molar-refractivity contribution < 1.29 is 14.3 Å². The van der Waals surface area contributed by atoms with Crippen LogP contribution in [0, 0.1) is 0 Å². The van der Waals surface area contributed by atoms with Crippen molar-refractivity contribution in [3.05, 3.63) is 28.8 Å². The minimum Gasteiger partial charge on any atom is -0.496 e. The van der Waals surface area contributed by atoms with Gasteiger partial charge in [-0.3, -0.25) is 4.79 Å². The number of benzene rings is 1. The molecule has 0 atom stereocenters. The Kier molecular flexibility index (Phi) is 5.45. The van der Waals surface area contributed by atoms with Gasteiger partial charge in [-0.15, -0.1) is 0 Å². The summed E-state index contributed by atoms with van der Waals surface area (Å²) < 4.78 is 10.4. The molecule has 0 aliphatic rings. The molecule has 3 nitrogen and oxygen atoms in total. The summed E-state index contributed by atoms with van der Waals surface area (Å²) in [6.45, 7) is 3.91. The number of carbonyl (C=O) groups is 1. The number of ketones is 1. The Morgan fingerprint density at radius 1 is 1.41 bits per heavy atom. The fourth-order valence-corrected chi connectivity index (χ4v) is 1.60. The molecular weight excluding hydrogens is 240 g/mol. The second kappa shape index (κ2) is 6.62. The van der Waals surface area contributed by atoms with Crippen LogP contribution in [0.15, 0.2) is 18.2 Å². The lowest BCUT2D eigenvalue weighted by Crippen LogP contribution is -2.15. The molecule has 4 heteroatoms. The van der Waals surface area contributed by atoms with Gasteiger partial charge in [0, 0.05) is 17.0 Å². The standard InChI is InChI=1S/C13H17ClO3/c1-9(2)17-8-12(15)7-10-6-11(14)4-5-13(10)16-3/h4-6,9H,7-8H2,1-3H3. The fourth-order valence-electron chi connectivity index (χ4n) is 1.41. The number of ether oxygens (including phenoxy) is 2. The van der Waals surface area contributed by atoms with E-state index in [1.807, 2.05) is 13.8 Å². The largest absolute Gasteiger partial charge is 0.496 e. The third kappa shape index (κ3) is 4.75. The quantitative estimate of drug-likeness (QED) is 0.785. The molecule has 0 unspecified atom stereocenters. The van der Waals surface area contributed by atoms with Gasteiger partial charge in [0.25, 0.3) is 0 Å². The van der Waals surface area contributed by atoms with Crippen molar-refractivity contribution in [1.29, 1.82) is 0 Å². The van der Waals surface area contributed by atoms with E-state index in [1.165, 1.54) is 0 Å². The zero-order valence-electron chi connectivity index (χ0n) is 10.3. The van der Waals surface area contributed by atoms with E-state index in [9.17, 15) is 4.79 Å². The molecule has 1 rings (SSSR count). The number of Topliss-reactive ketones (excluding diaryl/α,β-unsaturated/α-hetero) is 1. The lowest BCUT2D eigenvalue weighted by molar-refractivity contribution is -0.124. The molecule has 0 aliphatic heterocycles. The summed E-state index contributed by atoms with van der Waals surface area (Å²) in [4.78, 5) is 11.7. The minimum absolute atomic E-state index is 0.0132. The van der Waals surface area contributed by atoms with Gasteiger partial charge in [-0.05, 0) is 32.0 Å². The summed E-state index contributed by atoms with van der Waals surface area (Å²) in [5.74, 6) is 0.687. The second-order valence-electron chi connectivity index (χ2n) is 4.03. The Bertz CT molecular complexity index is 388. The van der Waals surface area contributed by atoms with Gasteiger partial charge in [0.05, 0.1) is 13.2 Å². The van der Waals surface area contributed by atoms with Crippen molar-refractivity contribution in [2.45, 2.75) is 26.4 Å². The molecule has 94 valence electrons. The molecule has 0 spiro atoms. The molecule has 0 N–H and O–H groups in total. The van der Waals surface area contributed by atoms with Crippen molar-refractivity contribution in [1.82, 2.24) is 0 Å². The Morgan fingerprint density at radius 2 is 2.12 bits per heavy atom. The summed E-state index contributed by atoms with van der Waals surface area (Å²) in [7, 11) is 1.57. The number of halogens is 1. The molecule has 0 saturated heterocycles. The van der Waals surface area contributed by atoms with Crippen LogP contribution in [0.2, 0.25) is 5.02 Å². The Morgan fingerprint density at radius 3 is 2.71 bits per heavy atom. The molecular formula is C13H17ClO3. The maximum atomic E-state index is 11.7. The summed E-state index contributed by atoms with van der Waals surface area (Å²) >= 11 is 5.89. The van der Waals surface area contributed by atoms with Gasteiger partial charge in [0.2, 0.25) is 0 Å². The molecule has 0 bridgehead atoms. The first-order valence-electron chi connectivity index (χ1n) is 5.48. The summed E-state index contributed by atoms with van der Waals surface area (Å²) in [5.41, 5.74) is 0.789. The Hall–Kier alpha value is -1.06. The van der Waals surface area contributed by atoms with E-state index >= 15 is 0 Å². The van der Waals surface area contributed by atoms with Gasteiger partial charge in [0.1, 0.15) is 12.4 Å². The molecule has 0 amide bonds. The maximum absolute atomic E-state index is 11.7. The van der Waals surface area contributed by atoms with E-state index in [2.05, 4.69) is 0 Å². The smallest absolute Gasteiger partial charge is 0.162 e.